The van der Waals surface area contributed by atoms with Crippen LogP contribution >= 0.6 is 40.7 Å². The van der Waals surface area contributed by atoms with E-state index in [4.69, 9.17) is 9.47 Å². The van der Waals surface area contributed by atoms with Crippen LogP contribution in [-0.4, -0.2) is 38.2 Å². The Labute approximate surface area is 228 Å². The van der Waals surface area contributed by atoms with E-state index in [1.807, 2.05) is 0 Å². The molecule has 0 amide bonds. The Bertz CT molecular complexity index is 783. The highest BCUT2D eigenvalue weighted by Crippen LogP contribution is 2.37. The highest BCUT2D eigenvalue weighted by atomic mass is 79.9. The highest BCUT2D eigenvalue weighted by molar-refractivity contribution is 9.10. The Morgan fingerprint density at radius 3 is 2.09 bits per heavy atom. The largest absolute Gasteiger partial charge is 0.493 e. The lowest BCUT2D eigenvalue weighted by Crippen LogP contribution is -2.29. The molecule has 0 aromatic heterocycles. The minimum absolute atomic E-state index is 0. The maximum absolute atomic E-state index is 6.08. The van der Waals surface area contributed by atoms with Gasteiger partial charge in [0.1, 0.15) is 6.61 Å². The van der Waals surface area contributed by atoms with Crippen LogP contribution in [0.4, 0.5) is 0 Å². The van der Waals surface area contributed by atoms with Gasteiger partial charge in [-0.05, 0) is 91.6 Å². The standard InChI is InChI=1S/C27H41BrN2O2.2ClH/c1-5-7-15-30(16-8-6-2)17-9-14-29-20-24-18-25(28)27(26(19-24)31-4)32-21-23-12-10-22(3)11-13-23;;/h10-13,18-19,29H,5-9,14-17,20-21H2,1-4H3;2*1H. The number of nitrogens with one attached hydrogen (secondary N) is 1. The summed E-state index contributed by atoms with van der Waals surface area (Å²) in [4.78, 5) is 2.62. The van der Waals surface area contributed by atoms with Crippen molar-refractivity contribution in [1.82, 2.24) is 10.2 Å². The zero-order chi connectivity index (χ0) is 23.2. The minimum atomic E-state index is 0. The average Bonchev–Trinajstić information content (AvgIpc) is 2.80. The van der Waals surface area contributed by atoms with Crippen LogP contribution in [0.15, 0.2) is 40.9 Å². The number of ether oxygens (including phenoxy) is 2. The summed E-state index contributed by atoms with van der Waals surface area (Å²) >= 11 is 3.67. The van der Waals surface area contributed by atoms with Crippen molar-refractivity contribution in [1.29, 1.82) is 0 Å². The van der Waals surface area contributed by atoms with Gasteiger partial charge in [0.05, 0.1) is 11.6 Å². The molecule has 0 fully saturated rings. The van der Waals surface area contributed by atoms with Crippen LogP contribution in [-0.2, 0) is 13.2 Å². The second-order valence-corrected chi connectivity index (χ2v) is 9.32. The number of methoxy groups -OCH3 is 1. The fourth-order valence-corrected chi connectivity index (χ4v) is 4.22. The van der Waals surface area contributed by atoms with Crippen LogP contribution in [0.2, 0.25) is 0 Å². The number of aryl methyl sites for hydroxylation is 1. The summed E-state index contributed by atoms with van der Waals surface area (Å²) < 4.78 is 12.6. The molecule has 0 unspecified atom stereocenters. The maximum Gasteiger partial charge on any atom is 0.175 e. The van der Waals surface area contributed by atoms with Gasteiger partial charge in [-0.25, -0.2) is 0 Å². The van der Waals surface area contributed by atoms with E-state index >= 15 is 0 Å². The SMILES string of the molecule is CCCCN(CCCC)CCCNCc1cc(Br)c(OCc2ccc(C)cc2)c(OC)c1.Cl.Cl. The zero-order valence-corrected chi connectivity index (χ0v) is 24.4. The van der Waals surface area contributed by atoms with Gasteiger partial charge in [0.25, 0.3) is 0 Å². The van der Waals surface area contributed by atoms with Crippen molar-refractivity contribution < 1.29 is 9.47 Å². The molecule has 0 atom stereocenters. The molecule has 0 saturated carbocycles. The Hall–Kier alpha value is -0.980. The Morgan fingerprint density at radius 2 is 1.50 bits per heavy atom. The van der Waals surface area contributed by atoms with Gasteiger partial charge < -0.3 is 19.7 Å². The van der Waals surface area contributed by atoms with Crippen molar-refractivity contribution in [3.8, 4) is 11.5 Å². The van der Waals surface area contributed by atoms with Gasteiger partial charge in [-0.2, -0.15) is 0 Å². The van der Waals surface area contributed by atoms with Gasteiger partial charge in [-0.3, -0.25) is 0 Å². The van der Waals surface area contributed by atoms with Gasteiger partial charge in [-0.1, -0.05) is 56.5 Å². The predicted molar refractivity (Wildman–Crippen MR) is 153 cm³/mol. The summed E-state index contributed by atoms with van der Waals surface area (Å²) in [7, 11) is 1.69. The van der Waals surface area contributed by atoms with Crippen LogP contribution in [0, 0.1) is 6.92 Å². The first-order chi connectivity index (χ1) is 15.6. The first kappa shape index (κ1) is 33.0. The molecule has 0 radical (unpaired) electrons. The van der Waals surface area contributed by atoms with Crippen LogP contribution < -0.4 is 14.8 Å². The third-order valence-corrected chi connectivity index (χ3v) is 6.19. The van der Waals surface area contributed by atoms with Crippen LogP contribution in [0.5, 0.6) is 11.5 Å². The monoisotopic (exact) mass is 576 g/mol. The van der Waals surface area contributed by atoms with E-state index < -0.39 is 0 Å². The molecule has 1 N–H and O–H groups in total. The summed E-state index contributed by atoms with van der Waals surface area (Å²) in [5.74, 6) is 1.51. The quantitative estimate of drug-likeness (QED) is 0.209. The third kappa shape index (κ3) is 12.1. The summed E-state index contributed by atoms with van der Waals surface area (Å²) in [6.07, 6.45) is 6.29. The van der Waals surface area contributed by atoms with Crippen molar-refractivity contribution in [2.45, 2.75) is 66.0 Å². The first-order valence-electron chi connectivity index (χ1n) is 12.0. The normalized spacial score (nSPS) is 10.5. The molecule has 2 aromatic rings. The highest BCUT2D eigenvalue weighted by Gasteiger charge is 2.12. The minimum Gasteiger partial charge on any atom is -0.493 e. The Morgan fingerprint density at radius 1 is 0.882 bits per heavy atom. The molecular formula is C27H43BrCl2N2O2. The van der Waals surface area contributed by atoms with Crippen LogP contribution in [0.3, 0.4) is 0 Å². The number of unbranched alkanes of at least 4 members (excludes halogenated alkanes) is 2. The van der Waals surface area contributed by atoms with Crippen molar-refractivity contribution in [2.75, 3.05) is 33.3 Å². The first-order valence-corrected chi connectivity index (χ1v) is 12.8. The lowest BCUT2D eigenvalue weighted by atomic mass is 10.1. The molecule has 0 aliphatic carbocycles. The second-order valence-electron chi connectivity index (χ2n) is 8.46. The predicted octanol–water partition coefficient (Wildman–Crippen LogP) is 7.57. The fourth-order valence-electron chi connectivity index (χ4n) is 3.61. The van der Waals surface area contributed by atoms with E-state index in [1.165, 1.54) is 62.9 Å². The van der Waals surface area contributed by atoms with Gasteiger partial charge in [0, 0.05) is 6.54 Å². The van der Waals surface area contributed by atoms with Crippen molar-refractivity contribution in [3.63, 3.8) is 0 Å². The molecule has 0 bridgehead atoms. The summed E-state index contributed by atoms with van der Waals surface area (Å²) in [6.45, 7) is 12.6. The van der Waals surface area contributed by atoms with E-state index in [1.54, 1.807) is 7.11 Å². The fraction of sp³-hybridized carbons (Fsp3) is 0.556. The number of nitrogens with zero attached hydrogens (tertiary/aromatic N) is 1. The molecule has 0 saturated heterocycles. The summed E-state index contributed by atoms with van der Waals surface area (Å²) in [5.41, 5.74) is 3.58. The maximum atomic E-state index is 6.08. The van der Waals surface area contributed by atoms with E-state index in [2.05, 4.69) is 83.3 Å². The number of halogens is 3. The Balaban J connectivity index is 0.00000544. The lowest BCUT2D eigenvalue weighted by molar-refractivity contribution is 0.261. The van der Waals surface area contributed by atoms with Crippen molar-refractivity contribution >= 4 is 40.7 Å². The number of rotatable bonds is 16. The van der Waals surface area contributed by atoms with Gasteiger partial charge in [0.15, 0.2) is 11.5 Å². The number of benzene rings is 2. The van der Waals surface area contributed by atoms with Gasteiger partial charge >= 0.3 is 0 Å². The van der Waals surface area contributed by atoms with E-state index in [0.717, 1.165) is 34.6 Å². The van der Waals surface area contributed by atoms with Crippen LogP contribution in [0.25, 0.3) is 0 Å². The van der Waals surface area contributed by atoms with Crippen molar-refractivity contribution in [3.05, 3.63) is 57.6 Å². The molecule has 34 heavy (non-hydrogen) atoms. The zero-order valence-electron chi connectivity index (χ0n) is 21.2. The molecule has 194 valence electrons. The molecule has 0 aliphatic rings. The van der Waals surface area contributed by atoms with E-state index in [9.17, 15) is 0 Å². The third-order valence-electron chi connectivity index (χ3n) is 5.61. The number of hydrogen-bond donors (Lipinski definition) is 1. The second kappa shape index (κ2) is 19.2. The molecule has 4 nitrogen and oxygen atoms in total. The van der Waals surface area contributed by atoms with E-state index in [0.29, 0.717) is 6.61 Å². The number of hydrogen-bond acceptors (Lipinski definition) is 4. The van der Waals surface area contributed by atoms with Gasteiger partial charge in [-0.15, -0.1) is 24.8 Å². The average molecular weight is 578 g/mol. The van der Waals surface area contributed by atoms with Gasteiger partial charge in [0.2, 0.25) is 0 Å². The Kier molecular flexibility index (Phi) is 18.7. The molecule has 0 spiro atoms. The topological polar surface area (TPSA) is 33.7 Å². The molecular weight excluding hydrogens is 535 g/mol. The molecule has 7 heteroatoms. The summed E-state index contributed by atoms with van der Waals surface area (Å²) in [6, 6.07) is 12.6. The molecule has 0 aliphatic heterocycles. The smallest absolute Gasteiger partial charge is 0.175 e. The van der Waals surface area contributed by atoms with Crippen LogP contribution in [0.1, 0.15) is 62.6 Å². The van der Waals surface area contributed by atoms with Crippen molar-refractivity contribution in [2.24, 2.45) is 0 Å². The van der Waals surface area contributed by atoms with E-state index in [-0.39, 0.29) is 24.8 Å². The lowest BCUT2D eigenvalue weighted by Gasteiger charge is -2.22. The molecule has 2 rings (SSSR count). The molecule has 0 heterocycles. The summed E-state index contributed by atoms with van der Waals surface area (Å²) in [5, 5.41) is 3.59. The molecule has 2 aromatic carbocycles.